The maximum absolute atomic E-state index is 11.6. The lowest BCUT2D eigenvalue weighted by molar-refractivity contribution is 0.170. The van der Waals surface area contributed by atoms with Crippen molar-refractivity contribution in [3.8, 4) is 0 Å². The Morgan fingerprint density at radius 2 is 1.85 bits per heavy atom. The van der Waals surface area contributed by atoms with E-state index >= 15 is 0 Å². The molecule has 1 saturated heterocycles. The Balaban J connectivity index is 1.47. The Morgan fingerprint density at radius 1 is 1.07 bits per heavy atom. The molecule has 0 saturated carbocycles. The van der Waals surface area contributed by atoms with E-state index in [0.717, 1.165) is 37.4 Å². The molecule has 0 spiro atoms. The fourth-order valence-corrected chi connectivity index (χ4v) is 4.69. The second kappa shape index (κ2) is 9.22. The SMILES string of the molecule is CS(=O)(=O)c1ccc(CC[C@@H]2CCCN(CCc3cccc(Cl)c3)C2)cc1. The van der Waals surface area contributed by atoms with Crippen LogP contribution in [0.2, 0.25) is 5.02 Å². The predicted octanol–water partition coefficient (Wildman–Crippen LogP) is 4.63. The predicted molar refractivity (Wildman–Crippen MR) is 112 cm³/mol. The van der Waals surface area contributed by atoms with E-state index in [4.69, 9.17) is 11.6 Å². The first kappa shape index (κ1) is 20.4. The fraction of sp³-hybridized carbons (Fsp3) is 0.455. The zero-order valence-corrected chi connectivity index (χ0v) is 17.5. The van der Waals surface area contributed by atoms with Gasteiger partial charge in [0.15, 0.2) is 9.84 Å². The molecule has 1 atom stereocenters. The fourth-order valence-electron chi connectivity index (χ4n) is 3.84. The van der Waals surface area contributed by atoms with E-state index in [1.54, 1.807) is 12.1 Å². The number of hydrogen-bond acceptors (Lipinski definition) is 3. The van der Waals surface area contributed by atoms with Gasteiger partial charge in [-0.1, -0.05) is 35.9 Å². The van der Waals surface area contributed by atoms with Gasteiger partial charge >= 0.3 is 0 Å². The van der Waals surface area contributed by atoms with Gasteiger partial charge in [-0.2, -0.15) is 0 Å². The van der Waals surface area contributed by atoms with Crippen molar-refractivity contribution in [1.82, 2.24) is 4.90 Å². The summed E-state index contributed by atoms with van der Waals surface area (Å²) in [7, 11) is -3.11. The van der Waals surface area contributed by atoms with Crippen molar-refractivity contribution in [3.05, 3.63) is 64.7 Å². The molecule has 0 aliphatic carbocycles. The van der Waals surface area contributed by atoms with Crippen molar-refractivity contribution in [2.24, 2.45) is 5.92 Å². The van der Waals surface area contributed by atoms with Crippen LogP contribution >= 0.6 is 11.6 Å². The monoisotopic (exact) mass is 405 g/mol. The molecule has 1 aliphatic rings. The number of halogens is 1. The van der Waals surface area contributed by atoms with Crippen LogP contribution < -0.4 is 0 Å². The quantitative estimate of drug-likeness (QED) is 0.673. The summed E-state index contributed by atoms with van der Waals surface area (Å²) in [5.41, 5.74) is 2.52. The lowest BCUT2D eigenvalue weighted by Crippen LogP contribution is -2.36. The van der Waals surface area contributed by atoms with Gasteiger partial charge in [-0.05, 0) is 80.0 Å². The van der Waals surface area contributed by atoms with Gasteiger partial charge in [0.2, 0.25) is 0 Å². The number of aryl methyl sites for hydroxylation is 1. The summed E-state index contributed by atoms with van der Waals surface area (Å²) < 4.78 is 23.1. The third kappa shape index (κ3) is 6.34. The molecule has 0 unspecified atom stereocenters. The summed E-state index contributed by atoms with van der Waals surface area (Å²) in [6.07, 6.45) is 7.01. The van der Waals surface area contributed by atoms with E-state index in [0.29, 0.717) is 10.8 Å². The number of benzene rings is 2. The van der Waals surface area contributed by atoms with Gasteiger partial charge in [0.05, 0.1) is 4.90 Å². The van der Waals surface area contributed by atoms with Crippen molar-refractivity contribution in [2.45, 2.75) is 37.0 Å². The van der Waals surface area contributed by atoms with E-state index in [-0.39, 0.29) is 0 Å². The number of likely N-dealkylation sites (tertiary alicyclic amines) is 1. The number of hydrogen-bond donors (Lipinski definition) is 0. The highest BCUT2D eigenvalue weighted by Gasteiger charge is 2.19. The lowest BCUT2D eigenvalue weighted by Gasteiger charge is -2.33. The van der Waals surface area contributed by atoms with E-state index in [1.165, 1.54) is 36.8 Å². The molecular formula is C22H28ClNO2S. The second-order valence-electron chi connectivity index (χ2n) is 7.64. The molecule has 0 bridgehead atoms. The van der Waals surface area contributed by atoms with Crippen LogP contribution in [0.4, 0.5) is 0 Å². The standard InChI is InChI=1S/C22H28ClNO2S/c1-27(25,26)22-11-9-18(10-12-22)7-8-20-5-3-14-24(17-20)15-13-19-4-2-6-21(23)16-19/h2,4,6,9-12,16,20H,3,5,7-8,13-15,17H2,1H3/t20-/m0/s1. The van der Waals surface area contributed by atoms with Crippen molar-refractivity contribution < 1.29 is 8.42 Å². The van der Waals surface area contributed by atoms with E-state index in [1.807, 2.05) is 24.3 Å². The van der Waals surface area contributed by atoms with Crippen LogP contribution in [-0.4, -0.2) is 39.2 Å². The number of sulfone groups is 1. The Morgan fingerprint density at radius 3 is 2.56 bits per heavy atom. The first-order chi connectivity index (χ1) is 12.9. The number of piperidine rings is 1. The van der Waals surface area contributed by atoms with Gasteiger partial charge in [-0.3, -0.25) is 0 Å². The molecule has 2 aromatic rings. The van der Waals surface area contributed by atoms with Gasteiger partial charge in [-0.15, -0.1) is 0 Å². The molecule has 1 heterocycles. The smallest absolute Gasteiger partial charge is 0.175 e. The minimum atomic E-state index is -3.11. The third-order valence-electron chi connectivity index (χ3n) is 5.40. The zero-order valence-electron chi connectivity index (χ0n) is 15.9. The molecule has 0 aromatic heterocycles. The molecule has 3 nitrogen and oxygen atoms in total. The third-order valence-corrected chi connectivity index (χ3v) is 6.77. The number of nitrogens with zero attached hydrogens (tertiary/aromatic N) is 1. The second-order valence-corrected chi connectivity index (χ2v) is 10.1. The van der Waals surface area contributed by atoms with Crippen LogP contribution in [0.15, 0.2) is 53.4 Å². The summed E-state index contributed by atoms with van der Waals surface area (Å²) in [6.45, 7) is 3.42. The molecule has 0 amide bonds. The maximum atomic E-state index is 11.6. The number of rotatable bonds is 7. The molecule has 2 aromatic carbocycles. The van der Waals surface area contributed by atoms with Crippen molar-refractivity contribution >= 4 is 21.4 Å². The summed E-state index contributed by atoms with van der Waals surface area (Å²) in [6, 6.07) is 15.5. The molecule has 5 heteroatoms. The average molecular weight is 406 g/mol. The lowest BCUT2D eigenvalue weighted by atomic mass is 9.91. The molecule has 0 N–H and O–H groups in total. The van der Waals surface area contributed by atoms with E-state index < -0.39 is 9.84 Å². The van der Waals surface area contributed by atoms with Crippen LogP contribution in [0.5, 0.6) is 0 Å². The van der Waals surface area contributed by atoms with Crippen LogP contribution in [0.3, 0.4) is 0 Å². The molecule has 0 radical (unpaired) electrons. The normalized spacial score (nSPS) is 18.5. The van der Waals surface area contributed by atoms with Gasteiger partial charge in [0.1, 0.15) is 0 Å². The molecule has 1 aliphatic heterocycles. The molecular weight excluding hydrogens is 378 g/mol. The van der Waals surface area contributed by atoms with Crippen LogP contribution in [0.25, 0.3) is 0 Å². The van der Waals surface area contributed by atoms with Crippen LogP contribution in [-0.2, 0) is 22.7 Å². The molecule has 146 valence electrons. The van der Waals surface area contributed by atoms with Gasteiger partial charge < -0.3 is 4.90 Å². The van der Waals surface area contributed by atoms with Crippen LogP contribution in [0.1, 0.15) is 30.4 Å². The first-order valence-corrected chi connectivity index (χ1v) is 11.9. The molecule has 27 heavy (non-hydrogen) atoms. The maximum Gasteiger partial charge on any atom is 0.175 e. The van der Waals surface area contributed by atoms with Gasteiger partial charge in [0.25, 0.3) is 0 Å². The minimum Gasteiger partial charge on any atom is -0.303 e. The Bertz CT molecular complexity index is 849. The topological polar surface area (TPSA) is 37.4 Å². The largest absolute Gasteiger partial charge is 0.303 e. The van der Waals surface area contributed by atoms with Crippen molar-refractivity contribution in [1.29, 1.82) is 0 Å². The molecule has 1 fully saturated rings. The molecule has 3 rings (SSSR count). The Hall–Kier alpha value is -1.36. The Labute approximate surface area is 168 Å². The summed E-state index contributed by atoms with van der Waals surface area (Å²) in [4.78, 5) is 2.97. The van der Waals surface area contributed by atoms with Crippen LogP contribution in [0, 0.1) is 5.92 Å². The summed E-state index contributed by atoms with van der Waals surface area (Å²) in [5.74, 6) is 0.715. The highest BCUT2D eigenvalue weighted by molar-refractivity contribution is 7.90. The first-order valence-electron chi connectivity index (χ1n) is 9.66. The highest BCUT2D eigenvalue weighted by Crippen LogP contribution is 2.22. The van der Waals surface area contributed by atoms with E-state index in [2.05, 4.69) is 17.0 Å². The van der Waals surface area contributed by atoms with Crippen molar-refractivity contribution in [2.75, 3.05) is 25.9 Å². The van der Waals surface area contributed by atoms with Gasteiger partial charge in [0, 0.05) is 24.4 Å². The highest BCUT2D eigenvalue weighted by atomic mass is 35.5. The van der Waals surface area contributed by atoms with Gasteiger partial charge in [-0.25, -0.2) is 8.42 Å². The summed E-state index contributed by atoms with van der Waals surface area (Å²) >= 11 is 6.08. The summed E-state index contributed by atoms with van der Waals surface area (Å²) in [5, 5.41) is 0.811. The zero-order chi connectivity index (χ0) is 19.3. The van der Waals surface area contributed by atoms with E-state index in [9.17, 15) is 8.42 Å². The Kier molecular flexibility index (Phi) is 6.96. The average Bonchev–Trinajstić information content (AvgIpc) is 2.65. The minimum absolute atomic E-state index is 0.399. The van der Waals surface area contributed by atoms with Crippen molar-refractivity contribution in [3.63, 3.8) is 0 Å².